The smallest absolute Gasteiger partial charge is 0.255 e. The van der Waals surface area contributed by atoms with Crippen LogP contribution in [0.4, 0.5) is 15.8 Å². The summed E-state index contributed by atoms with van der Waals surface area (Å²) >= 11 is 0. The third-order valence-electron chi connectivity index (χ3n) is 5.44. The van der Waals surface area contributed by atoms with E-state index in [9.17, 15) is 18.8 Å². The molecule has 0 aliphatic carbocycles. The second kappa shape index (κ2) is 11.4. The van der Waals surface area contributed by atoms with Crippen LogP contribution in [0.25, 0.3) is 0 Å². The summed E-state index contributed by atoms with van der Waals surface area (Å²) in [4.78, 5) is 37.2. The van der Waals surface area contributed by atoms with Gasteiger partial charge in [-0.25, -0.2) is 4.39 Å². The topological polar surface area (TPSA) is 87.3 Å². The van der Waals surface area contributed by atoms with E-state index in [0.29, 0.717) is 35.5 Å². The molecule has 6 nitrogen and oxygen atoms in total. The molecule has 0 heterocycles. The molecule has 0 saturated heterocycles. The Bertz CT molecular complexity index is 1180. The van der Waals surface area contributed by atoms with E-state index in [-0.39, 0.29) is 29.6 Å². The predicted molar refractivity (Wildman–Crippen MR) is 136 cm³/mol. The predicted octanol–water partition coefficient (Wildman–Crippen LogP) is 5.52. The van der Waals surface area contributed by atoms with E-state index in [1.165, 1.54) is 24.3 Å². The Hall–Kier alpha value is -4.00. The van der Waals surface area contributed by atoms with Gasteiger partial charge in [0.2, 0.25) is 5.91 Å². The SMILES string of the molecule is CC(C)(C)c1ccc(C(=O)Nc2ccccc2NC(=O)CCCNC(=O)c2ccc(F)cc2)cc1. The number of para-hydroxylation sites is 2. The van der Waals surface area contributed by atoms with Crippen molar-refractivity contribution in [3.05, 3.63) is 95.3 Å². The van der Waals surface area contributed by atoms with Gasteiger partial charge in [-0.2, -0.15) is 0 Å². The molecule has 3 aromatic rings. The van der Waals surface area contributed by atoms with Crippen LogP contribution in [0, 0.1) is 5.82 Å². The number of carbonyl (C=O) groups is 3. The van der Waals surface area contributed by atoms with Crippen molar-refractivity contribution in [2.24, 2.45) is 0 Å². The highest BCUT2D eigenvalue weighted by Gasteiger charge is 2.15. The van der Waals surface area contributed by atoms with Crippen LogP contribution in [-0.2, 0) is 10.2 Å². The molecule has 3 N–H and O–H groups in total. The molecular weight excluding hydrogens is 445 g/mol. The summed E-state index contributed by atoms with van der Waals surface area (Å²) in [7, 11) is 0. The summed E-state index contributed by atoms with van der Waals surface area (Å²) in [5.41, 5.74) is 3.00. The standard InChI is InChI=1S/C28H30FN3O3/c1-28(2,3)21-14-10-20(11-15-21)27(35)32-24-8-5-4-7-23(24)31-25(33)9-6-18-30-26(34)19-12-16-22(29)17-13-19/h4-5,7-8,10-17H,6,9,18H2,1-3H3,(H,30,34)(H,31,33)(H,32,35). The van der Waals surface area contributed by atoms with Crippen molar-refractivity contribution in [3.63, 3.8) is 0 Å². The Morgan fingerprint density at radius 2 is 1.29 bits per heavy atom. The molecule has 0 aliphatic heterocycles. The van der Waals surface area contributed by atoms with Crippen LogP contribution in [0.1, 0.15) is 59.9 Å². The first-order valence-corrected chi connectivity index (χ1v) is 11.5. The quantitative estimate of drug-likeness (QED) is 0.375. The van der Waals surface area contributed by atoms with Crippen molar-refractivity contribution in [1.82, 2.24) is 5.32 Å². The molecule has 3 aromatic carbocycles. The third-order valence-corrected chi connectivity index (χ3v) is 5.44. The summed E-state index contributed by atoms with van der Waals surface area (Å²) in [6.45, 7) is 6.63. The van der Waals surface area contributed by atoms with Crippen LogP contribution >= 0.6 is 0 Å². The molecule has 0 radical (unpaired) electrons. The van der Waals surface area contributed by atoms with E-state index in [1.807, 2.05) is 12.1 Å². The minimum absolute atomic E-state index is 0.00431. The van der Waals surface area contributed by atoms with Gasteiger partial charge in [0.25, 0.3) is 11.8 Å². The minimum Gasteiger partial charge on any atom is -0.352 e. The maximum atomic E-state index is 13.0. The van der Waals surface area contributed by atoms with Crippen LogP contribution in [0.5, 0.6) is 0 Å². The molecule has 0 aromatic heterocycles. The van der Waals surface area contributed by atoms with Gasteiger partial charge in [0.15, 0.2) is 0 Å². The number of halogens is 1. The Morgan fingerprint density at radius 1 is 0.743 bits per heavy atom. The molecule has 3 amide bonds. The molecule has 0 atom stereocenters. The Labute approximate surface area is 204 Å². The Balaban J connectivity index is 1.51. The van der Waals surface area contributed by atoms with E-state index in [1.54, 1.807) is 36.4 Å². The van der Waals surface area contributed by atoms with Gasteiger partial charge >= 0.3 is 0 Å². The number of anilines is 2. The van der Waals surface area contributed by atoms with Crippen molar-refractivity contribution in [2.45, 2.75) is 39.0 Å². The normalized spacial score (nSPS) is 11.0. The van der Waals surface area contributed by atoms with E-state index >= 15 is 0 Å². The van der Waals surface area contributed by atoms with Crippen LogP contribution in [0.2, 0.25) is 0 Å². The third kappa shape index (κ3) is 7.50. The van der Waals surface area contributed by atoms with Gasteiger partial charge in [-0.1, -0.05) is 45.0 Å². The van der Waals surface area contributed by atoms with Gasteiger partial charge in [0.1, 0.15) is 5.82 Å². The first-order valence-electron chi connectivity index (χ1n) is 11.5. The number of hydrogen-bond acceptors (Lipinski definition) is 3. The Morgan fingerprint density at radius 3 is 1.89 bits per heavy atom. The van der Waals surface area contributed by atoms with Crippen molar-refractivity contribution < 1.29 is 18.8 Å². The van der Waals surface area contributed by atoms with Crippen molar-refractivity contribution in [3.8, 4) is 0 Å². The second-order valence-corrected chi connectivity index (χ2v) is 9.24. The van der Waals surface area contributed by atoms with Crippen molar-refractivity contribution >= 4 is 29.1 Å². The van der Waals surface area contributed by atoms with Crippen LogP contribution in [0.15, 0.2) is 72.8 Å². The molecule has 35 heavy (non-hydrogen) atoms. The molecule has 0 saturated carbocycles. The lowest BCUT2D eigenvalue weighted by atomic mass is 9.87. The molecule has 0 aliphatic rings. The lowest BCUT2D eigenvalue weighted by molar-refractivity contribution is -0.116. The highest BCUT2D eigenvalue weighted by atomic mass is 19.1. The monoisotopic (exact) mass is 475 g/mol. The van der Waals surface area contributed by atoms with Crippen LogP contribution < -0.4 is 16.0 Å². The van der Waals surface area contributed by atoms with Crippen LogP contribution in [0.3, 0.4) is 0 Å². The zero-order valence-electron chi connectivity index (χ0n) is 20.2. The molecule has 0 fully saturated rings. The van der Waals surface area contributed by atoms with Gasteiger partial charge in [-0.15, -0.1) is 0 Å². The average Bonchev–Trinajstić information content (AvgIpc) is 2.83. The van der Waals surface area contributed by atoms with Gasteiger partial charge in [-0.3, -0.25) is 14.4 Å². The van der Waals surface area contributed by atoms with Gasteiger partial charge < -0.3 is 16.0 Å². The number of benzene rings is 3. The molecule has 182 valence electrons. The van der Waals surface area contributed by atoms with E-state index in [0.717, 1.165) is 5.56 Å². The average molecular weight is 476 g/mol. The fourth-order valence-corrected chi connectivity index (χ4v) is 3.38. The van der Waals surface area contributed by atoms with Crippen molar-refractivity contribution in [1.29, 1.82) is 0 Å². The number of amides is 3. The highest BCUT2D eigenvalue weighted by Crippen LogP contribution is 2.24. The first kappa shape index (κ1) is 25.6. The molecule has 0 unspecified atom stereocenters. The molecule has 0 bridgehead atoms. The zero-order valence-corrected chi connectivity index (χ0v) is 20.2. The van der Waals surface area contributed by atoms with Crippen LogP contribution in [-0.4, -0.2) is 24.3 Å². The minimum atomic E-state index is -0.409. The number of rotatable bonds is 8. The lowest BCUT2D eigenvalue weighted by Crippen LogP contribution is -2.25. The van der Waals surface area contributed by atoms with E-state index in [2.05, 4.69) is 36.7 Å². The maximum absolute atomic E-state index is 13.0. The summed E-state index contributed by atoms with van der Waals surface area (Å²) in [6, 6.07) is 19.7. The molecule has 7 heteroatoms. The van der Waals surface area contributed by atoms with Gasteiger partial charge in [0.05, 0.1) is 11.4 Å². The molecule has 0 spiro atoms. The van der Waals surface area contributed by atoms with Gasteiger partial charge in [0, 0.05) is 24.1 Å². The molecular formula is C28H30FN3O3. The number of carbonyl (C=O) groups excluding carboxylic acids is 3. The summed E-state index contributed by atoms with van der Waals surface area (Å²) in [5.74, 6) is -1.24. The largest absolute Gasteiger partial charge is 0.352 e. The number of hydrogen-bond donors (Lipinski definition) is 3. The lowest BCUT2D eigenvalue weighted by Gasteiger charge is -2.19. The fourth-order valence-electron chi connectivity index (χ4n) is 3.38. The second-order valence-electron chi connectivity index (χ2n) is 9.24. The van der Waals surface area contributed by atoms with Gasteiger partial charge in [-0.05, 0) is 65.9 Å². The maximum Gasteiger partial charge on any atom is 0.255 e. The summed E-state index contributed by atoms with van der Waals surface area (Å²) in [5, 5.41) is 8.38. The highest BCUT2D eigenvalue weighted by molar-refractivity contribution is 6.07. The van der Waals surface area contributed by atoms with E-state index < -0.39 is 5.82 Å². The van der Waals surface area contributed by atoms with E-state index in [4.69, 9.17) is 0 Å². The van der Waals surface area contributed by atoms with Crippen molar-refractivity contribution in [2.75, 3.05) is 17.2 Å². The number of nitrogens with one attached hydrogen (secondary N) is 3. The Kier molecular flexibility index (Phi) is 8.36. The zero-order chi connectivity index (χ0) is 25.4. The molecule has 3 rings (SSSR count). The summed E-state index contributed by atoms with van der Waals surface area (Å²) < 4.78 is 13.0. The first-order chi connectivity index (χ1) is 16.6. The fraction of sp³-hybridized carbons (Fsp3) is 0.250. The summed E-state index contributed by atoms with van der Waals surface area (Å²) in [6.07, 6.45) is 0.605.